The van der Waals surface area contributed by atoms with Gasteiger partial charge < -0.3 is 20.9 Å². The number of imide groups is 1. The van der Waals surface area contributed by atoms with Crippen LogP contribution in [0, 0.1) is 11.3 Å². The van der Waals surface area contributed by atoms with E-state index in [1.165, 1.54) is 16.7 Å². The molecule has 3 atom stereocenters. The Morgan fingerprint density at radius 1 is 1.24 bits per heavy atom. The highest BCUT2D eigenvalue weighted by Gasteiger charge is 2.41. The Hall–Kier alpha value is -2.04. The second kappa shape index (κ2) is 12.6. The summed E-state index contributed by atoms with van der Waals surface area (Å²) >= 11 is 1.51. The molecule has 1 fully saturated rings. The number of β-lactam (4-membered cyclic amide) rings is 1. The van der Waals surface area contributed by atoms with Gasteiger partial charge in [-0.15, -0.1) is 11.8 Å². The summed E-state index contributed by atoms with van der Waals surface area (Å²) in [5.41, 5.74) is 0.580. The summed E-state index contributed by atoms with van der Waals surface area (Å²) in [6.07, 6.45) is 1.07. The second-order valence-corrected chi connectivity index (χ2v) is 11.6. The Bertz CT molecular complexity index is 832. The molecule has 0 aliphatic carbocycles. The normalized spacial score (nSPS) is 17.7. The van der Waals surface area contributed by atoms with Gasteiger partial charge >= 0.3 is 13.1 Å². The number of thioether (sulfide) groups is 1. The van der Waals surface area contributed by atoms with Gasteiger partial charge in [0, 0.05) is 18.3 Å². The molecule has 8 nitrogen and oxygen atoms in total. The molecular weight excluding hydrogens is 451 g/mol. The number of carbonyl (C=O) groups is 3. The van der Waals surface area contributed by atoms with E-state index in [0.29, 0.717) is 24.6 Å². The van der Waals surface area contributed by atoms with Gasteiger partial charge in [0.05, 0.1) is 17.8 Å². The van der Waals surface area contributed by atoms with Crippen LogP contribution in [-0.2, 0) is 16.1 Å². The Morgan fingerprint density at radius 3 is 2.41 bits per heavy atom. The number of rotatable bonds is 11. The fourth-order valence-electron chi connectivity index (χ4n) is 3.83. The number of hydrogen-bond acceptors (Lipinski definition) is 6. The summed E-state index contributed by atoms with van der Waals surface area (Å²) in [5.74, 6) is 0.579. The third kappa shape index (κ3) is 8.63. The molecule has 4 N–H and O–H groups in total. The number of urea groups is 1. The van der Waals surface area contributed by atoms with Gasteiger partial charge in [-0.1, -0.05) is 65.0 Å². The first-order chi connectivity index (χ1) is 15.9. The van der Waals surface area contributed by atoms with Crippen LogP contribution in [-0.4, -0.2) is 58.0 Å². The molecule has 1 aliphatic heterocycles. The van der Waals surface area contributed by atoms with Crippen molar-refractivity contribution in [1.82, 2.24) is 20.8 Å². The molecule has 2 rings (SSSR count). The Labute approximate surface area is 208 Å². The molecule has 1 aromatic carbocycles. The van der Waals surface area contributed by atoms with Crippen molar-refractivity contribution in [2.24, 2.45) is 11.3 Å². The van der Waals surface area contributed by atoms with Gasteiger partial charge in [-0.05, 0) is 30.1 Å². The quantitative estimate of drug-likeness (QED) is 0.281. The number of nitrogens with one attached hydrogen (secondary N) is 3. The molecule has 34 heavy (non-hydrogen) atoms. The number of hydrogen-bond donors (Lipinski definition) is 4. The number of benzene rings is 1. The average molecular weight is 490 g/mol. The Balaban J connectivity index is 1.95. The molecule has 4 amide bonds. The summed E-state index contributed by atoms with van der Waals surface area (Å²) in [6, 6.07) is 8.48. The molecule has 10 heteroatoms. The molecule has 0 radical (unpaired) electrons. The van der Waals surface area contributed by atoms with Crippen LogP contribution in [0.3, 0.4) is 0 Å². The van der Waals surface area contributed by atoms with E-state index in [-0.39, 0.29) is 28.6 Å². The minimum absolute atomic E-state index is 0.122. The molecule has 0 bridgehead atoms. The van der Waals surface area contributed by atoms with Crippen LogP contribution in [0.1, 0.15) is 53.0 Å². The smallest absolute Gasteiger partial charge is 0.374 e. The molecule has 1 aliphatic rings. The van der Waals surface area contributed by atoms with E-state index in [1.807, 2.05) is 51.1 Å². The third-order valence-electron chi connectivity index (χ3n) is 5.54. The lowest BCUT2D eigenvalue weighted by atomic mass is 9.79. The molecule has 1 heterocycles. The molecule has 188 valence electrons. The lowest BCUT2D eigenvalue weighted by molar-refractivity contribution is -0.137. The molecule has 1 unspecified atom stereocenters. The number of likely N-dealkylation sites (tertiary alicyclic amines) is 1. The van der Waals surface area contributed by atoms with Crippen LogP contribution >= 0.6 is 11.8 Å². The maximum absolute atomic E-state index is 13.1. The van der Waals surface area contributed by atoms with Crippen LogP contribution < -0.4 is 15.9 Å². The highest BCUT2D eigenvalue weighted by atomic mass is 32.2. The van der Waals surface area contributed by atoms with Gasteiger partial charge in [0.1, 0.15) is 0 Å². The van der Waals surface area contributed by atoms with Crippen LogP contribution in [0.5, 0.6) is 0 Å². The van der Waals surface area contributed by atoms with Crippen molar-refractivity contribution >= 4 is 36.7 Å². The van der Waals surface area contributed by atoms with Crippen molar-refractivity contribution in [2.75, 3.05) is 5.75 Å². The first-order valence-electron chi connectivity index (χ1n) is 11.9. The average Bonchev–Trinajstić information content (AvgIpc) is 2.72. The fourth-order valence-corrected chi connectivity index (χ4v) is 5.13. The Kier molecular flexibility index (Phi) is 10.5. The van der Waals surface area contributed by atoms with Crippen LogP contribution in [0.25, 0.3) is 0 Å². The van der Waals surface area contributed by atoms with Crippen molar-refractivity contribution in [3.8, 4) is 0 Å². The molecule has 0 aromatic heterocycles. The van der Waals surface area contributed by atoms with Crippen molar-refractivity contribution in [2.45, 2.75) is 78.3 Å². The predicted molar refractivity (Wildman–Crippen MR) is 138 cm³/mol. The SMILES string of the molecule is CB(O)N[C@H](C(=O)N[C@H](CSC1CC(=O)N1C(=O)NCc1ccccc1)CC(C)C)C(C)(C)C. The van der Waals surface area contributed by atoms with Crippen LogP contribution in [0.4, 0.5) is 4.79 Å². The number of amides is 4. The van der Waals surface area contributed by atoms with Gasteiger partial charge in [0.15, 0.2) is 0 Å². The monoisotopic (exact) mass is 490 g/mol. The van der Waals surface area contributed by atoms with E-state index in [2.05, 4.69) is 29.7 Å². The van der Waals surface area contributed by atoms with Gasteiger partial charge in [-0.2, -0.15) is 0 Å². The Morgan fingerprint density at radius 2 is 1.88 bits per heavy atom. The van der Waals surface area contributed by atoms with Gasteiger partial charge in [-0.3, -0.25) is 14.5 Å². The van der Waals surface area contributed by atoms with E-state index in [0.717, 1.165) is 12.0 Å². The summed E-state index contributed by atoms with van der Waals surface area (Å²) in [6.45, 7) is 12.0. The molecule has 1 aromatic rings. The molecule has 0 spiro atoms. The summed E-state index contributed by atoms with van der Waals surface area (Å²) < 4.78 is 0. The molecule has 1 saturated heterocycles. The molecule has 0 saturated carbocycles. The van der Waals surface area contributed by atoms with Crippen molar-refractivity contribution in [1.29, 1.82) is 0 Å². The van der Waals surface area contributed by atoms with Gasteiger partial charge in [0.2, 0.25) is 11.8 Å². The zero-order valence-electron chi connectivity index (χ0n) is 21.1. The van der Waals surface area contributed by atoms with E-state index >= 15 is 0 Å². The molecular formula is C24H39BN4O4S. The zero-order chi connectivity index (χ0) is 25.5. The predicted octanol–water partition coefficient (Wildman–Crippen LogP) is 2.83. The zero-order valence-corrected chi connectivity index (χ0v) is 21.9. The highest BCUT2D eigenvalue weighted by Crippen LogP contribution is 2.31. The van der Waals surface area contributed by atoms with E-state index in [4.69, 9.17) is 0 Å². The standard InChI is InChI=1S/C24H39BN4O4S/c1-16(2)12-18(27-22(31)21(24(3,4)5)28-25(6)33)15-34-20-13-19(30)29(20)23(32)26-14-17-10-8-7-9-11-17/h7-11,16,18,20-21,28,33H,12-15H2,1-6H3,(H,26,32)(H,27,31)/t18-,20?,21+/m0/s1. The van der Waals surface area contributed by atoms with Crippen molar-refractivity contribution < 1.29 is 19.4 Å². The van der Waals surface area contributed by atoms with Crippen LogP contribution in [0.15, 0.2) is 30.3 Å². The van der Waals surface area contributed by atoms with Crippen molar-refractivity contribution in [3.05, 3.63) is 35.9 Å². The van der Waals surface area contributed by atoms with Crippen molar-refractivity contribution in [3.63, 3.8) is 0 Å². The minimum atomic E-state index is -0.808. The summed E-state index contributed by atoms with van der Waals surface area (Å²) in [4.78, 5) is 39.1. The largest absolute Gasteiger partial charge is 0.437 e. The second-order valence-electron chi connectivity index (χ2n) is 10.4. The first-order valence-corrected chi connectivity index (χ1v) is 12.9. The maximum Gasteiger partial charge on any atom is 0.374 e. The first kappa shape index (κ1) is 28.2. The van der Waals surface area contributed by atoms with E-state index < -0.39 is 19.1 Å². The maximum atomic E-state index is 13.1. The van der Waals surface area contributed by atoms with E-state index in [9.17, 15) is 19.4 Å². The summed E-state index contributed by atoms with van der Waals surface area (Å²) in [5, 5.41) is 18.4. The lowest BCUT2D eigenvalue weighted by Gasteiger charge is -2.39. The highest BCUT2D eigenvalue weighted by molar-refractivity contribution is 8.00. The topological polar surface area (TPSA) is 111 Å². The van der Waals surface area contributed by atoms with Crippen LogP contribution in [0.2, 0.25) is 6.82 Å². The minimum Gasteiger partial charge on any atom is -0.437 e. The lowest BCUT2D eigenvalue weighted by Crippen LogP contribution is -2.59. The van der Waals surface area contributed by atoms with E-state index in [1.54, 1.807) is 6.82 Å². The fraction of sp³-hybridized carbons (Fsp3) is 0.625. The third-order valence-corrected chi connectivity index (χ3v) is 6.90. The number of nitrogens with zero attached hydrogens (tertiary/aromatic N) is 1. The van der Waals surface area contributed by atoms with Gasteiger partial charge in [0.25, 0.3) is 0 Å². The number of carbonyl (C=O) groups excluding carboxylic acids is 3. The van der Waals surface area contributed by atoms with Gasteiger partial charge in [-0.25, -0.2) is 4.79 Å². The summed E-state index contributed by atoms with van der Waals surface area (Å²) in [7, 11) is -0.808.